The third kappa shape index (κ3) is 6.75. The highest BCUT2D eigenvalue weighted by molar-refractivity contribution is 7.85. The summed E-state index contributed by atoms with van der Waals surface area (Å²) >= 11 is 0. The summed E-state index contributed by atoms with van der Waals surface area (Å²) in [6.45, 7) is 12.1. The van der Waals surface area contributed by atoms with Crippen molar-refractivity contribution in [3.63, 3.8) is 0 Å². The van der Waals surface area contributed by atoms with Crippen LogP contribution in [0.3, 0.4) is 0 Å². The summed E-state index contributed by atoms with van der Waals surface area (Å²) in [4.78, 5) is 11.9. The van der Waals surface area contributed by atoms with Crippen molar-refractivity contribution in [2.75, 3.05) is 11.3 Å². The predicted molar refractivity (Wildman–Crippen MR) is 164 cm³/mol. The molecule has 0 fully saturated rings. The van der Waals surface area contributed by atoms with Gasteiger partial charge >= 0.3 is 5.97 Å². The van der Waals surface area contributed by atoms with Crippen LogP contribution in [0.25, 0.3) is 22.3 Å². The van der Waals surface area contributed by atoms with E-state index < -0.39 is 22.6 Å². The summed E-state index contributed by atoms with van der Waals surface area (Å²) in [6.07, 6.45) is 9.83. The van der Waals surface area contributed by atoms with E-state index in [4.69, 9.17) is 9.84 Å². The van der Waals surface area contributed by atoms with E-state index in [0.717, 1.165) is 81.0 Å². The van der Waals surface area contributed by atoms with Gasteiger partial charge in [0.1, 0.15) is 16.7 Å². The van der Waals surface area contributed by atoms with E-state index in [1.165, 1.54) is 5.56 Å². The molecule has 3 aromatic rings. The molecule has 2 heterocycles. The summed E-state index contributed by atoms with van der Waals surface area (Å²) in [5.74, 6) is 0.448. The number of benzene rings is 3. The number of hydrogen-bond donors (Lipinski definition) is 3. The van der Waals surface area contributed by atoms with Crippen LogP contribution in [0.1, 0.15) is 60.6 Å². The minimum Gasteiger partial charge on any atom is -0.493 e. The van der Waals surface area contributed by atoms with Crippen LogP contribution >= 0.6 is 0 Å². The third-order valence-electron chi connectivity index (χ3n) is 6.90. The molecule has 0 aliphatic carbocycles. The number of carboxylic acids is 1. The van der Waals surface area contributed by atoms with E-state index in [-0.39, 0.29) is 6.42 Å². The van der Waals surface area contributed by atoms with Gasteiger partial charge in [-0.1, -0.05) is 30.3 Å². The van der Waals surface area contributed by atoms with Crippen molar-refractivity contribution < 1.29 is 24.0 Å². The predicted octanol–water partition coefficient (Wildman–Crippen LogP) is 6.51. The summed E-state index contributed by atoms with van der Waals surface area (Å²) < 4.78 is 21.9. The molecule has 0 bridgehead atoms. The zero-order chi connectivity index (χ0) is 29.8. The molecule has 3 N–H and O–H groups in total. The van der Waals surface area contributed by atoms with Crippen molar-refractivity contribution in [2.24, 2.45) is 0 Å². The standard InChI is InChI=1S/C27H27NO4S.C4H10O.C2H2/c1-15-19-9-6-12-32-23(19)11-10-20(15)25-17(3)26-21-8-5-4-7-18(21)14-33(31)28-27(26)16(2)22(25)13-24(29)30;1-4(2,3)5;1-2/h4-5,7-8,10-11,28H,6,9,12-14H2,1-3H3,(H,29,30);5H,1-3H3;1-2H. The first-order valence-electron chi connectivity index (χ1n) is 13.3. The van der Waals surface area contributed by atoms with E-state index in [2.05, 4.69) is 43.5 Å². The first-order chi connectivity index (χ1) is 18.9. The normalized spacial score (nSPS) is 15.2. The number of carboxylic acid groups (broad SMARTS) is 1. The van der Waals surface area contributed by atoms with Gasteiger partial charge in [0.05, 0.1) is 30.1 Å². The van der Waals surface area contributed by atoms with Crippen LogP contribution in [0, 0.1) is 33.6 Å². The van der Waals surface area contributed by atoms with Crippen LogP contribution in [0.2, 0.25) is 0 Å². The highest BCUT2D eigenvalue weighted by atomic mass is 32.2. The van der Waals surface area contributed by atoms with Crippen LogP contribution in [0.15, 0.2) is 36.4 Å². The number of aliphatic carboxylic acids is 1. The van der Waals surface area contributed by atoms with Gasteiger partial charge in [0.25, 0.3) is 0 Å². The molecule has 6 nitrogen and oxygen atoms in total. The molecule has 0 saturated heterocycles. The fourth-order valence-corrected chi connectivity index (χ4v) is 6.42. The lowest BCUT2D eigenvalue weighted by Gasteiger charge is -2.26. The van der Waals surface area contributed by atoms with Gasteiger partial charge < -0.3 is 19.7 Å². The second-order valence-electron chi connectivity index (χ2n) is 11.0. The highest BCUT2D eigenvalue weighted by Crippen LogP contribution is 2.47. The van der Waals surface area contributed by atoms with Crippen LogP contribution in [-0.4, -0.2) is 32.6 Å². The smallest absolute Gasteiger partial charge is 0.307 e. The number of hydrogen-bond acceptors (Lipinski definition) is 4. The molecule has 2 aliphatic rings. The number of nitrogens with one attached hydrogen (secondary N) is 1. The first-order valence-corrected chi connectivity index (χ1v) is 14.6. The minimum atomic E-state index is -1.29. The summed E-state index contributed by atoms with van der Waals surface area (Å²) in [6, 6.07) is 12.1. The zero-order valence-electron chi connectivity index (χ0n) is 24.2. The Balaban J connectivity index is 0.000000570. The van der Waals surface area contributed by atoms with E-state index in [9.17, 15) is 14.1 Å². The second-order valence-corrected chi connectivity index (χ2v) is 12.2. The number of aliphatic hydroxyl groups is 1. The molecular weight excluding hydrogens is 522 g/mol. The number of ether oxygens (including phenoxy) is 1. The number of anilines is 1. The third-order valence-corrected chi connectivity index (χ3v) is 7.91. The van der Waals surface area contributed by atoms with Crippen molar-refractivity contribution >= 4 is 22.6 Å². The highest BCUT2D eigenvalue weighted by Gasteiger charge is 2.28. The van der Waals surface area contributed by atoms with E-state index in [1.54, 1.807) is 20.8 Å². The second kappa shape index (κ2) is 12.7. The number of rotatable bonds is 3. The van der Waals surface area contributed by atoms with E-state index in [0.29, 0.717) is 5.75 Å². The van der Waals surface area contributed by atoms with Crippen molar-refractivity contribution in [1.29, 1.82) is 0 Å². The van der Waals surface area contributed by atoms with Gasteiger partial charge in [-0.3, -0.25) is 4.79 Å². The Morgan fingerprint density at radius 1 is 1.00 bits per heavy atom. The Bertz CT molecular complexity index is 1460. The van der Waals surface area contributed by atoms with Gasteiger partial charge in [-0.2, -0.15) is 0 Å². The molecule has 1 atom stereocenters. The van der Waals surface area contributed by atoms with Gasteiger partial charge in [-0.15, -0.1) is 12.8 Å². The van der Waals surface area contributed by atoms with Gasteiger partial charge in [0.15, 0.2) is 0 Å². The first kappa shape index (κ1) is 30.9. The topological polar surface area (TPSA) is 95.9 Å². The molecule has 0 saturated carbocycles. The molecule has 1 unspecified atom stereocenters. The van der Waals surface area contributed by atoms with Crippen LogP contribution in [-0.2, 0) is 34.4 Å². The molecular formula is C33H39NO5S. The lowest BCUT2D eigenvalue weighted by molar-refractivity contribution is -0.136. The molecule has 0 aromatic heterocycles. The monoisotopic (exact) mass is 561 g/mol. The quantitative estimate of drug-likeness (QED) is 0.317. The molecule has 7 heteroatoms. The molecule has 2 aliphatic heterocycles. The average molecular weight is 562 g/mol. The molecule has 0 radical (unpaired) electrons. The maximum atomic E-state index is 12.8. The fraction of sp³-hybridized carbons (Fsp3) is 0.364. The van der Waals surface area contributed by atoms with Gasteiger partial charge in [0.2, 0.25) is 0 Å². The van der Waals surface area contributed by atoms with E-state index >= 15 is 0 Å². The molecule has 0 spiro atoms. The summed E-state index contributed by atoms with van der Waals surface area (Å²) in [5.41, 5.74) is 10.3. The Morgan fingerprint density at radius 2 is 1.65 bits per heavy atom. The minimum absolute atomic E-state index is 0.0989. The zero-order valence-corrected chi connectivity index (χ0v) is 25.0. The Morgan fingerprint density at radius 3 is 2.30 bits per heavy atom. The van der Waals surface area contributed by atoms with Gasteiger partial charge in [-0.25, -0.2) is 4.21 Å². The molecule has 212 valence electrons. The lowest BCUT2D eigenvalue weighted by atomic mass is 9.80. The molecule has 3 aromatic carbocycles. The number of terminal acetylenes is 1. The fourth-order valence-electron chi connectivity index (χ4n) is 5.33. The van der Waals surface area contributed by atoms with Crippen molar-refractivity contribution in [2.45, 2.75) is 72.2 Å². The maximum Gasteiger partial charge on any atom is 0.307 e. The van der Waals surface area contributed by atoms with Crippen molar-refractivity contribution in [3.8, 4) is 40.9 Å². The number of fused-ring (bicyclic) bond motifs is 4. The largest absolute Gasteiger partial charge is 0.493 e. The average Bonchev–Trinajstić information content (AvgIpc) is 3.04. The Labute approximate surface area is 240 Å². The lowest BCUT2D eigenvalue weighted by Crippen LogP contribution is -2.13. The molecule has 0 amide bonds. The van der Waals surface area contributed by atoms with Gasteiger partial charge in [-0.05, 0) is 111 Å². The van der Waals surface area contributed by atoms with Crippen molar-refractivity contribution in [1.82, 2.24) is 0 Å². The Kier molecular flexibility index (Phi) is 9.83. The maximum absolute atomic E-state index is 12.8. The molecule has 5 rings (SSSR count). The molecule has 40 heavy (non-hydrogen) atoms. The van der Waals surface area contributed by atoms with Crippen LogP contribution in [0.4, 0.5) is 5.69 Å². The van der Waals surface area contributed by atoms with Crippen LogP contribution < -0.4 is 9.46 Å². The van der Waals surface area contributed by atoms with E-state index in [1.807, 2.05) is 31.2 Å². The van der Waals surface area contributed by atoms with Gasteiger partial charge in [0, 0.05) is 5.56 Å². The van der Waals surface area contributed by atoms with Crippen molar-refractivity contribution in [3.05, 3.63) is 69.8 Å². The SMILES string of the molecule is C#C.CC(C)(C)O.Cc1c(-c2c(C)c3c(c(C)c2CC(=O)O)NS(=O)Cc2ccccc2-3)ccc2c1CCCO2. The number of carbonyl (C=O) groups is 1. The summed E-state index contributed by atoms with van der Waals surface area (Å²) in [7, 11) is -1.29. The van der Waals surface area contributed by atoms with Crippen LogP contribution in [0.5, 0.6) is 5.75 Å². The Hall–Kier alpha value is -3.60. The summed E-state index contributed by atoms with van der Waals surface area (Å²) in [5, 5.41) is 18.3.